The van der Waals surface area contributed by atoms with Crippen molar-refractivity contribution >= 4 is 45.9 Å². The third-order valence-corrected chi connectivity index (χ3v) is 8.22. The average molecular weight is 613 g/mol. The summed E-state index contributed by atoms with van der Waals surface area (Å²) >= 11 is 0. The topological polar surface area (TPSA) is 137 Å². The minimum atomic E-state index is -0.146. The number of nitrogens with one attached hydrogen (secondary N) is 4. The summed E-state index contributed by atoms with van der Waals surface area (Å²) < 4.78 is 6.32. The number of likely N-dealkylation sites (tertiary alicyclic amines) is 1. The van der Waals surface area contributed by atoms with Gasteiger partial charge in [0.2, 0.25) is 11.9 Å². The standard InChI is InChI=1S/C34H44N8O3/c1-19(2)31(44)24-10-8-9-11-26(24)36-32-30-22(6)40-41-33(30)39-34(38-32)37-27-16-21(5)25(17-28(27)45-20(3)4)23-12-14-42(15-13-23)18-29(43)35-7/h8-11,16-17,19-20,23H,12-15,18H2,1-7H3,(H,35,43)(H3,36,37,38,39,40,41). The van der Waals surface area contributed by atoms with Gasteiger partial charge in [0.1, 0.15) is 11.6 Å². The van der Waals surface area contributed by atoms with Crippen LogP contribution in [-0.2, 0) is 4.79 Å². The van der Waals surface area contributed by atoms with Crippen molar-refractivity contribution in [3.8, 4) is 5.75 Å². The highest BCUT2D eigenvalue weighted by molar-refractivity contribution is 6.04. The maximum atomic E-state index is 13.0. The van der Waals surface area contributed by atoms with Gasteiger partial charge in [-0.25, -0.2) is 0 Å². The van der Waals surface area contributed by atoms with Crippen molar-refractivity contribution in [1.29, 1.82) is 0 Å². The van der Waals surface area contributed by atoms with Crippen LogP contribution in [0.5, 0.6) is 5.75 Å². The van der Waals surface area contributed by atoms with Gasteiger partial charge >= 0.3 is 0 Å². The number of piperidine rings is 1. The molecule has 1 fully saturated rings. The van der Waals surface area contributed by atoms with Crippen molar-refractivity contribution < 1.29 is 14.3 Å². The first kappa shape index (κ1) is 31.9. The van der Waals surface area contributed by atoms with E-state index in [2.05, 4.69) is 50.1 Å². The van der Waals surface area contributed by atoms with Crippen molar-refractivity contribution in [3.05, 3.63) is 58.8 Å². The van der Waals surface area contributed by atoms with Gasteiger partial charge in [0.05, 0.1) is 29.4 Å². The van der Waals surface area contributed by atoms with Crippen molar-refractivity contribution in [2.75, 3.05) is 37.3 Å². The number of ketones is 1. The van der Waals surface area contributed by atoms with Crippen molar-refractivity contribution in [3.63, 3.8) is 0 Å². The molecule has 3 heterocycles. The number of hydrogen-bond donors (Lipinski definition) is 4. The van der Waals surface area contributed by atoms with Crippen LogP contribution in [0.25, 0.3) is 11.0 Å². The molecule has 0 radical (unpaired) electrons. The zero-order valence-electron chi connectivity index (χ0n) is 27.2. The first-order chi connectivity index (χ1) is 21.5. The van der Waals surface area contributed by atoms with Crippen LogP contribution in [0.4, 0.5) is 23.1 Å². The number of ether oxygens (including phenoxy) is 1. The molecule has 11 nitrogen and oxygen atoms in total. The normalized spacial score (nSPS) is 14.2. The molecule has 1 aliphatic rings. The highest BCUT2D eigenvalue weighted by Gasteiger charge is 2.25. The first-order valence-electron chi connectivity index (χ1n) is 15.7. The second kappa shape index (κ2) is 13.6. The number of benzene rings is 2. The molecule has 0 aliphatic carbocycles. The molecule has 4 aromatic rings. The quantitative estimate of drug-likeness (QED) is 0.150. The Balaban J connectivity index is 1.46. The van der Waals surface area contributed by atoms with Crippen molar-refractivity contribution in [1.82, 2.24) is 30.4 Å². The molecule has 1 aliphatic heterocycles. The molecular formula is C34H44N8O3. The molecule has 2 aromatic heterocycles. The summed E-state index contributed by atoms with van der Waals surface area (Å²) in [6, 6.07) is 11.7. The third-order valence-electron chi connectivity index (χ3n) is 8.22. The van der Waals surface area contributed by atoms with Gasteiger partial charge in [-0.15, -0.1) is 0 Å². The number of aromatic amines is 1. The number of anilines is 4. The fraction of sp³-hybridized carbons (Fsp3) is 0.441. The lowest BCUT2D eigenvalue weighted by Gasteiger charge is -2.32. The first-order valence-corrected chi connectivity index (χ1v) is 15.7. The second-order valence-electron chi connectivity index (χ2n) is 12.4. The number of aromatic nitrogens is 4. The Hall–Kier alpha value is -4.51. The molecule has 2 aromatic carbocycles. The molecule has 0 atom stereocenters. The van der Waals surface area contributed by atoms with Crippen LogP contribution in [0.3, 0.4) is 0 Å². The second-order valence-corrected chi connectivity index (χ2v) is 12.4. The molecule has 11 heteroatoms. The van der Waals surface area contributed by atoms with Crippen LogP contribution >= 0.6 is 0 Å². The van der Waals surface area contributed by atoms with E-state index in [4.69, 9.17) is 14.7 Å². The number of amides is 1. The SMILES string of the molecule is CNC(=O)CN1CCC(c2cc(OC(C)C)c(Nc3nc(Nc4ccccc4C(=O)C(C)C)c4c(C)[nH]nc4n3)cc2C)CC1. The molecule has 45 heavy (non-hydrogen) atoms. The summed E-state index contributed by atoms with van der Waals surface area (Å²) in [6.07, 6.45) is 1.90. The number of fused-ring (bicyclic) bond motifs is 1. The largest absolute Gasteiger partial charge is 0.489 e. The smallest absolute Gasteiger partial charge is 0.233 e. The van der Waals surface area contributed by atoms with Crippen LogP contribution in [0.1, 0.15) is 73.6 Å². The molecule has 0 bridgehead atoms. The number of para-hydroxylation sites is 1. The van der Waals surface area contributed by atoms with E-state index in [0.717, 1.165) is 54.0 Å². The highest BCUT2D eigenvalue weighted by Crippen LogP contribution is 2.38. The Labute approximate surface area is 264 Å². The van der Waals surface area contributed by atoms with Crippen LogP contribution < -0.4 is 20.7 Å². The Bertz CT molecular complexity index is 1690. The van der Waals surface area contributed by atoms with Gasteiger partial charge in [-0.05, 0) is 94.9 Å². The molecule has 1 amide bonds. The van der Waals surface area contributed by atoms with Gasteiger partial charge in [0.15, 0.2) is 11.4 Å². The van der Waals surface area contributed by atoms with E-state index in [1.165, 1.54) is 5.56 Å². The van der Waals surface area contributed by atoms with E-state index in [1.807, 2.05) is 58.9 Å². The number of hydrogen-bond acceptors (Lipinski definition) is 9. The molecule has 0 unspecified atom stereocenters. The molecule has 1 saturated heterocycles. The lowest BCUT2D eigenvalue weighted by Crippen LogP contribution is -2.40. The average Bonchev–Trinajstić information content (AvgIpc) is 3.39. The van der Waals surface area contributed by atoms with E-state index in [1.54, 1.807) is 7.05 Å². The summed E-state index contributed by atoms with van der Waals surface area (Å²) in [5.41, 5.74) is 5.76. The summed E-state index contributed by atoms with van der Waals surface area (Å²) in [7, 11) is 1.68. The van der Waals surface area contributed by atoms with Gasteiger partial charge in [-0.3, -0.25) is 19.6 Å². The fourth-order valence-corrected chi connectivity index (χ4v) is 5.86. The predicted octanol–water partition coefficient (Wildman–Crippen LogP) is 6.01. The molecule has 238 valence electrons. The molecular weight excluding hydrogens is 568 g/mol. The molecule has 0 saturated carbocycles. The molecule has 5 rings (SSSR count). The number of likely N-dealkylation sites (N-methyl/N-ethyl adjacent to an activating group) is 1. The van der Waals surface area contributed by atoms with Crippen LogP contribution in [0.2, 0.25) is 0 Å². The van der Waals surface area contributed by atoms with Crippen molar-refractivity contribution in [2.45, 2.75) is 66.4 Å². The van der Waals surface area contributed by atoms with Crippen LogP contribution in [-0.4, -0.2) is 69.5 Å². The maximum absolute atomic E-state index is 13.0. The Morgan fingerprint density at radius 3 is 2.44 bits per heavy atom. The summed E-state index contributed by atoms with van der Waals surface area (Å²) in [5.74, 6) is 1.94. The Kier molecular flexibility index (Phi) is 9.67. The van der Waals surface area contributed by atoms with Gasteiger partial charge in [-0.1, -0.05) is 26.0 Å². The zero-order chi connectivity index (χ0) is 32.2. The minimum absolute atomic E-state index is 0.0416. The van der Waals surface area contributed by atoms with E-state index in [-0.39, 0.29) is 23.7 Å². The van der Waals surface area contributed by atoms with Gasteiger partial charge in [-0.2, -0.15) is 15.1 Å². The van der Waals surface area contributed by atoms with E-state index in [0.29, 0.717) is 41.1 Å². The number of carbonyl (C=O) groups excluding carboxylic acids is 2. The number of H-pyrrole nitrogens is 1. The van der Waals surface area contributed by atoms with E-state index >= 15 is 0 Å². The number of rotatable bonds is 11. The lowest BCUT2D eigenvalue weighted by molar-refractivity contribution is -0.122. The van der Waals surface area contributed by atoms with Gasteiger partial charge in [0, 0.05) is 24.2 Å². The van der Waals surface area contributed by atoms with Crippen molar-refractivity contribution in [2.24, 2.45) is 5.92 Å². The number of carbonyl (C=O) groups is 2. The maximum Gasteiger partial charge on any atom is 0.233 e. The Morgan fingerprint density at radius 2 is 1.76 bits per heavy atom. The van der Waals surface area contributed by atoms with Crippen LogP contribution in [0, 0.1) is 19.8 Å². The zero-order valence-corrected chi connectivity index (χ0v) is 27.2. The predicted molar refractivity (Wildman–Crippen MR) is 178 cm³/mol. The van der Waals surface area contributed by atoms with Crippen LogP contribution in [0.15, 0.2) is 36.4 Å². The summed E-state index contributed by atoms with van der Waals surface area (Å²) in [6.45, 7) is 14.0. The van der Waals surface area contributed by atoms with Gasteiger partial charge in [0.25, 0.3) is 0 Å². The molecule has 0 spiro atoms. The molecule has 4 N–H and O–H groups in total. The summed E-state index contributed by atoms with van der Waals surface area (Å²) in [5, 5.41) is 17.7. The Morgan fingerprint density at radius 1 is 1.02 bits per heavy atom. The minimum Gasteiger partial charge on any atom is -0.489 e. The summed E-state index contributed by atoms with van der Waals surface area (Å²) in [4.78, 5) is 36.6. The number of Topliss-reactive ketones (excluding diaryl/α,β-unsaturated/α-hetero) is 1. The third kappa shape index (κ3) is 7.25. The van der Waals surface area contributed by atoms with E-state index < -0.39 is 0 Å². The van der Waals surface area contributed by atoms with Gasteiger partial charge < -0.3 is 20.7 Å². The highest BCUT2D eigenvalue weighted by atomic mass is 16.5. The fourth-order valence-electron chi connectivity index (χ4n) is 5.86. The lowest BCUT2D eigenvalue weighted by atomic mass is 9.86. The van der Waals surface area contributed by atoms with E-state index in [9.17, 15) is 9.59 Å². The number of aryl methyl sites for hydroxylation is 2. The monoisotopic (exact) mass is 612 g/mol. The number of nitrogens with zero attached hydrogens (tertiary/aromatic N) is 4.